The molecule has 4 aromatic rings. The number of hydrogen-bond donors (Lipinski definition) is 2. The zero-order valence-electron chi connectivity index (χ0n) is 19.8. The van der Waals surface area contributed by atoms with Crippen LogP contribution in [0.1, 0.15) is 29.6 Å². The molecular formula is C28H22Cl3N3O3S. The summed E-state index contributed by atoms with van der Waals surface area (Å²) in [6, 6.07) is 26.8. The molecule has 2 unspecified atom stereocenters. The summed E-state index contributed by atoms with van der Waals surface area (Å²) in [5.74, 6) is 1.17. The topological polar surface area (TPSA) is 79.8 Å². The third kappa shape index (κ3) is 6.14. The van der Waals surface area contributed by atoms with E-state index in [1.165, 1.54) is 12.1 Å². The fraction of sp³-hybridized carbons (Fsp3) is 0.107. The highest BCUT2D eigenvalue weighted by Gasteiger charge is 2.32. The minimum Gasteiger partial charge on any atom is -0.457 e. The second-order valence-corrected chi connectivity index (χ2v) is 11.6. The highest BCUT2D eigenvalue weighted by atomic mass is 35.5. The van der Waals surface area contributed by atoms with Crippen LogP contribution in [0.15, 0.2) is 107 Å². The van der Waals surface area contributed by atoms with E-state index in [0.29, 0.717) is 44.3 Å². The number of nitrogens with one attached hydrogen (secondary N) is 2. The van der Waals surface area contributed by atoms with Gasteiger partial charge < -0.3 is 10.2 Å². The van der Waals surface area contributed by atoms with Gasteiger partial charge in [-0.05, 0) is 71.8 Å². The van der Waals surface area contributed by atoms with Gasteiger partial charge in [0.2, 0.25) is 10.0 Å². The standard InChI is InChI=1S/C28H22Cl3N3O3S/c29-19-8-6-18(7-9-19)26-17-27(33-32-26)28(24-15-10-20(30)16-25(24)31)34-38(35,36)23-13-11-22(12-14-23)37-21-4-2-1-3-5-21/h1-16,26,28,32,34H,17H2. The van der Waals surface area contributed by atoms with Crippen LogP contribution >= 0.6 is 34.8 Å². The van der Waals surface area contributed by atoms with Crippen LogP contribution in [-0.4, -0.2) is 14.1 Å². The fourth-order valence-electron chi connectivity index (χ4n) is 4.11. The minimum atomic E-state index is -3.97. The number of hydrazone groups is 1. The summed E-state index contributed by atoms with van der Waals surface area (Å²) >= 11 is 18.7. The van der Waals surface area contributed by atoms with E-state index in [0.717, 1.165) is 5.56 Å². The Bertz CT molecular complexity index is 1560. The average Bonchev–Trinajstić information content (AvgIpc) is 3.39. The maximum atomic E-state index is 13.5. The first-order valence-corrected chi connectivity index (χ1v) is 14.3. The molecule has 2 atom stereocenters. The summed E-state index contributed by atoms with van der Waals surface area (Å²) in [5.41, 5.74) is 5.21. The molecule has 0 fully saturated rings. The van der Waals surface area contributed by atoms with Crippen molar-refractivity contribution in [2.75, 3.05) is 0 Å². The van der Waals surface area contributed by atoms with Gasteiger partial charge in [0, 0.05) is 21.5 Å². The van der Waals surface area contributed by atoms with Gasteiger partial charge in [-0.2, -0.15) is 9.82 Å². The summed E-state index contributed by atoms with van der Waals surface area (Å²) in [4.78, 5) is 0.0776. The lowest BCUT2D eigenvalue weighted by molar-refractivity contribution is 0.482. The molecule has 0 bridgehead atoms. The van der Waals surface area contributed by atoms with E-state index in [9.17, 15) is 8.42 Å². The van der Waals surface area contributed by atoms with Gasteiger partial charge in [-0.3, -0.25) is 0 Å². The number of halogens is 3. The number of rotatable bonds is 8. The van der Waals surface area contributed by atoms with E-state index in [-0.39, 0.29) is 10.9 Å². The first kappa shape index (κ1) is 26.5. The van der Waals surface area contributed by atoms with Gasteiger partial charge in [-0.1, -0.05) is 71.2 Å². The van der Waals surface area contributed by atoms with Crippen LogP contribution in [0.3, 0.4) is 0 Å². The molecule has 0 amide bonds. The van der Waals surface area contributed by atoms with Crippen molar-refractivity contribution in [2.45, 2.75) is 23.4 Å². The molecule has 0 aliphatic carbocycles. The van der Waals surface area contributed by atoms with Crippen molar-refractivity contribution >= 4 is 50.5 Å². The van der Waals surface area contributed by atoms with Crippen LogP contribution in [0.25, 0.3) is 0 Å². The molecule has 5 rings (SSSR count). The number of ether oxygens (including phenoxy) is 1. The number of benzene rings is 4. The molecule has 6 nitrogen and oxygen atoms in total. The Hall–Kier alpha value is -3.07. The zero-order valence-corrected chi connectivity index (χ0v) is 22.9. The maximum absolute atomic E-state index is 13.5. The van der Waals surface area contributed by atoms with E-state index in [1.807, 2.05) is 42.5 Å². The summed E-state index contributed by atoms with van der Waals surface area (Å²) in [6.45, 7) is 0. The van der Waals surface area contributed by atoms with Crippen LogP contribution in [0.5, 0.6) is 11.5 Å². The van der Waals surface area contributed by atoms with E-state index < -0.39 is 16.1 Å². The van der Waals surface area contributed by atoms with Crippen molar-refractivity contribution < 1.29 is 13.2 Å². The molecule has 1 heterocycles. The highest BCUT2D eigenvalue weighted by molar-refractivity contribution is 7.89. The molecule has 0 aromatic heterocycles. The van der Waals surface area contributed by atoms with Gasteiger partial charge in [-0.15, -0.1) is 0 Å². The van der Waals surface area contributed by atoms with E-state index in [1.54, 1.807) is 42.5 Å². The summed E-state index contributed by atoms with van der Waals surface area (Å²) in [6.07, 6.45) is 0.456. The molecule has 38 heavy (non-hydrogen) atoms. The van der Waals surface area contributed by atoms with Crippen LogP contribution < -0.4 is 14.9 Å². The van der Waals surface area contributed by atoms with Crippen molar-refractivity contribution in [3.63, 3.8) is 0 Å². The Balaban J connectivity index is 1.40. The predicted octanol–water partition coefficient (Wildman–Crippen LogP) is 7.55. The molecule has 1 aliphatic heterocycles. The molecule has 0 saturated heterocycles. The Morgan fingerprint density at radius 1 is 0.842 bits per heavy atom. The van der Waals surface area contributed by atoms with E-state index in [4.69, 9.17) is 39.5 Å². The summed E-state index contributed by atoms with van der Waals surface area (Å²) in [5, 5.41) is 5.89. The molecule has 194 valence electrons. The number of hydrogen-bond acceptors (Lipinski definition) is 5. The maximum Gasteiger partial charge on any atom is 0.241 e. The van der Waals surface area contributed by atoms with Crippen LogP contribution in [0, 0.1) is 0 Å². The van der Waals surface area contributed by atoms with E-state index in [2.05, 4.69) is 15.2 Å². The molecule has 10 heteroatoms. The van der Waals surface area contributed by atoms with Gasteiger partial charge in [-0.25, -0.2) is 8.42 Å². The van der Waals surface area contributed by atoms with Crippen LogP contribution in [-0.2, 0) is 10.0 Å². The van der Waals surface area contributed by atoms with Gasteiger partial charge in [0.15, 0.2) is 0 Å². The molecule has 1 aliphatic rings. The fourth-order valence-corrected chi connectivity index (χ4v) is 5.96. The number of sulfonamides is 1. The van der Waals surface area contributed by atoms with Gasteiger partial charge in [0.25, 0.3) is 0 Å². The number of nitrogens with zero attached hydrogens (tertiary/aromatic N) is 1. The normalized spacial score (nSPS) is 16.0. The first-order chi connectivity index (χ1) is 18.3. The first-order valence-electron chi connectivity index (χ1n) is 11.7. The smallest absolute Gasteiger partial charge is 0.241 e. The summed E-state index contributed by atoms with van der Waals surface area (Å²) in [7, 11) is -3.97. The third-order valence-electron chi connectivity index (χ3n) is 6.04. The lowest BCUT2D eigenvalue weighted by atomic mass is 9.96. The van der Waals surface area contributed by atoms with Crippen molar-refractivity contribution in [3.8, 4) is 11.5 Å². The zero-order chi connectivity index (χ0) is 26.7. The van der Waals surface area contributed by atoms with Gasteiger partial charge in [0.1, 0.15) is 11.5 Å². The van der Waals surface area contributed by atoms with Crippen molar-refractivity contribution in [3.05, 3.63) is 123 Å². The quantitative estimate of drug-likeness (QED) is 0.223. The average molecular weight is 587 g/mol. The predicted molar refractivity (Wildman–Crippen MR) is 152 cm³/mol. The van der Waals surface area contributed by atoms with Gasteiger partial charge in [0.05, 0.1) is 22.7 Å². The molecule has 0 saturated carbocycles. The van der Waals surface area contributed by atoms with Crippen molar-refractivity contribution in [2.24, 2.45) is 5.10 Å². The SMILES string of the molecule is O=S(=O)(NC(C1=NNC(c2ccc(Cl)cc2)C1)c1ccc(Cl)cc1Cl)c1ccc(Oc2ccccc2)cc1. The van der Waals surface area contributed by atoms with Gasteiger partial charge >= 0.3 is 0 Å². The lowest BCUT2D eigenvalue weighted by Crippen LogP contribution is -2.33. The monoisotopic (exact) mass is 585 g/mol. The van der Waals surface area contributed by atoms with Crippen molar-refractivity contribution in [1.29, 1.82) is 0 Å². The Morgan fingerprint density at radius 2 is 1.50 bits per heavy atom. The third-order valence-corrected chi connectivity index (χ3v) is 8.30. The molecule has 0 spiro atoms. The van der Waals surface area contributed by atoms with Crippen LogP contribution in [0.4, 0.5) is 0 Å². The largest absolute Gasteiger partial charge is 0.457 e. The Labute approximate surface area is 236 Å². The highest BCUT2D eigenvalue weighted by Crippen LogP contribution is 2.34. The van der Waals surface area contributed by atoms with Crippen LogP contribution in [0.2, 0.25) is 15.1 Å². The Morgan fingerprint density at radius 3 is 2.18 bits per heavy atom. The minimum absolute atomic E-state index is 0.0776. The number of para-hydroxylation sites is 1. The summed E-state index contributed by atoms with van der Waals surface area (Å²) < 4.78 is 35.6. The lowest BCUT2D eigenvalue weighted by Gasteiger charge is -2.21. The second-order valence-electron chi connectivity index (χ2n) is 8.65. The van der Waals surface area contributed by atoms with E-state index >= 15 is 0 Å². The molecule has 0 radical (unpaired) electrons. The molecular weight excluding hydrogens is 565 g/mol. The second kappa shape index (κ2) is 11.4. The molecule has 2 N–H and O–H groups in total. The molecule has 4 aromatic carbocycles. The van der Waals surface area contributed by atoms with Crippen molar-refractivity contribution in [1.82, 2.24) is 10.1 Å². The Kier molecular flexibility index (Phi) is 7.93.